The molecule has 0 radical (unpaired) electrons. The molecule has 3 aromatic carbocycles. The summed E-state index contributed by atoms with van der Waals surface area (Å²) in [6.07, 6.45) is 0.924. The van der Waals surface area contributed by atoms with Crippen LogP contribution < -0.4 is 4.90 Å². The Hall–Kier alpha value is -3.63. The van der Waals surface area contributed by atoms with Crippen molar-refractivity contribution in [1.82, 2.24) is 0 Å². The van der Waals surface area contributed by atoms with Crippen molar-refractivity contribution in [3.8, 4) is 0 Å². The van der Waals surface area contributed by atoms with Crippen molar-refractivity contribution < 1.29 is 39.5 Å². The average molecular weight is 566 g/mol. The molecular weight excluding hydrogens is 529 g/mol. The molecule has 1 heterocycles. The molecule has 4 rings (SSSR count). The van der Waals surface area contributed by atoms with Crippen LogP contribution in [0, 0.1) is 11.7 Å². The zero-order valence-electron chi connectivity index (χ0n) is 22.7. The van der Waals surface area contributed by atoms with Gasteiger partial charge in [-0.15, -0.1) is 0 Å². The zero-order valence-corrected chi connectivity index (χ0v) is 22.7. The molecule has 1 aliphatic rings. The Morgan fingerprint density at radius 1 is 0.902 bits per heavy atom. The lowest BCUT2D eigenvalue weighted by Crippen LogP contribution is -2.55. The van der Waals surface area contributed by atoms with E-state index in [9.17, 15) is 34.4 Å². The van der Waals surface area contributed by atoms with Crippen LogP contribution in [0.4, 0.5) is 10.1 Å². The lowest BCUT2D eigenvalue weighted by atomic mass is 9.78. The minimum absolute atomic E-state index is 0.0173. The molecule has 0 saturated carbocycles. The smallest absolute Gasteiger partial charge is 0.303 e. The van der Waals surface area contributed by atoms with Gasteiger partial charge in [0.05, 0.1) is 31.3 Å². The fourth-order valence-corrected chi connectivity index (χ4v) is 5.23. The Kier molecular flexibility index (Phi) is 9.88. The highest BCUT2D eigenvalue weighted by Crippen LogP contribution is 2.46. The number of hydrogen-bond acceptors (Lipinski definition) is 6. The first-order valence-corrected chi connectivity index (χ1v) is 13.7. The molecule has 8 nitrogen and oxygen atoms in total. The van der Waals surface area contributed by atoms with Gasteiger partial charge in [-0.1, -0.05) is 48.5 Å². The van der Waals surface area contributed by atoms with Crippen molar-refractivity contribution >= 4 is 17.6 Å². The monoisotopic (exact) mass is 565 g/mol. The second kappa shape index (κ2) is 13.4. The van der Waals surface area contributed by atoms with Crippen molar-refractivity contribution in [2.24, 2.45) is 5.92 Å². The molecule has 41 heavy (non-hydrogen) atoms. The summed E-state index contributed by atoms with van der Waals surface area (Å²) in [5.41, 5.74) is 2.37. The van der Waals surface area contributed by atoms with Gasteiger partial charge in [0.25, 0.3) is 0 Å². The van der Waals surface area contributed by atoms with Crippen LogP contribution in [0.1, 0.15) is 60.1 Å². The van der Waals surface area contributed by atoms with Gasteiger partial charge < -0.3 is 30.4 Å². The lowest BCUT2D eigenvalue weighted by molar-refractivity contribution is -0.137. The SMILES string of the molecule is O=C(O)CCc1ccc(N2C(=O)[C@H](CC[C@H](O)c3ccc(F)cc3)[C@H]2c2ccc(CCC(O)(CO)CO)cc2)cc1. The van der Waals surface area contributed by atoms with E-state index < -0.39 is 36.8 Å². The third-order valence-electron chi connectivity index (χ3n) is 7.85. The molecule has 218 valence electrons. The molecule has 9 heteroatoms. The minimum Gasteiger partial charge on any atom is -0.481 e. The molecule has 1 saturated heterocycles. The quantitative estimate of drug-likeness (QED) is 0.188. The highest BCUT2D eigenvalue weighted by molar-refractivity contribution is 6.03. The minimum atomic E-state index is -1.55. The van der Waals surface area contributed by atoms with Crippen molar-refractivity contribution in [2.45, 2.75) is 56.3 Å². The lowest BCUT2D eigenvalue weighted by Gasteiger charge is -2.48. The molecule has 3 atom stereocenters. The third-order valence-corrected chi connectivity index (χ3v) is 7.85. The first-order valence-electron chi connectivity index (χ1n) is 13.7. The molecule has 3 aromatic rings. The molecule has 1 fully saturated rings. The Labute approximate surface area is 238 Å². The number of amides is 1. The van der Waals surface area contributed by atoms with E-state index >= 15 is 0 Å². The number of aryl methyl sites for hydroxylation is 2. The number of anilines is 1. The third kappa shape index (κ3) is 7.37. The van der Waals surface area contributed by atoms with E-state index in [1.54, 1.807) is 4.90 Å². The largest absolute Gasteiger partial charge is 0.481 e. The standard InChI is InChI=1S/C32H36FNO7/c33-25-10-8-23(9-11-25)28(37)15-14-27-30(24-6-1-22(2-7-24)17-18-32(41,19-35)20-36)34(31(27)40)26-12-3-21(4-13-26)5-16-29(38)39/h1-4,6-13,27-28,30,35-37,41H,5,14-20H2,(H,38,39)/t27-,28+,30-/m1/s1. The van der Waals surface area contributed by atoms with E-state index in [0.717, 1.165) is 16.7 Å². The topological polar surface area (TPSA) is 139 Å². The Balaban J connectivity index is 1.52. The van der Waals surface area contributed by atoms with Crippen LogP contribution >= 0.6 is 0 Å². The second-order valence-corrected chi connectivity index (χ2v) is 10.7. The molecular formula is C32H36FNO7. The molecule has 0 aromatic heterocycles. The van der Waals surface area contributed by atoms with Gasteiger partial charge in [-0.25, -0.2) is 4.39 Å². The number of carbonyl (C=O) groups is 2. The predicted octanol–water partition coefficient (Wildman–Crippen LogP) is 3.71. The number of carbonyl (C=O) groups excluding carboxylic acids is 1. The van der Waals surface area contributed by atoms with Gasteiger partial charge in [0.1, 0.15) is 11.4 Å². The first-order chi connectivity index (χ1) is 19.6. The summed E-state index contributed by atoms with van der Waals surface area (Å²) in [4.78, 5) is 26.1. The Morgan fingerprint density at radius 2 is 1.49 bits per heavy atom. The molecule has 0 aliphatic carbocycles. The van der Waals surface area contributed by atoms with Gasteiger partial charge in [0.15, 0.2) is 0 Å². The van der Waals surface area contributed by atoms with Crippen LogP contribution in [0.5, 0.6) is 0 Å². The fourth-order valence-electron chi connectivity index (χ4n) is 5.23. The van der Waals surface area contributed by atoms with Gasteiger partial charge in [-0.3, -0.25) is 9.59 Å². The maximum absolute atomic E-state index is 13.4. The number of aliphatic hydroxyl groups excluding tert-OH is 3. The molecule has 0 bridgehead atoms. The zero-order chi connectivity index (χ0) is 29.6. The summed E-state index contributed by atoms with van der Waals surface area (Å²) >= 11 is 0. The highest BCUT2D eigenvalue weighted by atomic mass is 19.1. The number of aliphatic hydroxyl groups is 4. The number of β-lactam (4-membered cyclic amide) rings is 1. The van der Waals surface area contributed by atoms with Crippen molar-refractivity contribution in [1.29, 1.82) is 0 Å². The van der Waals surface area contributed by atoms with E-state index in [0.29, 0.717) is 36.9 Å². The van der Waals surface area contributed by atoms with Gasteiger partial charge >= 0.3 is 5.97 Å². The number of carboxylic acid groups (broad SMARTS) is 1. The van der Waals surface area contributed by atoms with Crippen molar-refractivity contribution in [2.75, 3.05) is 18.1 Å². The number of nitrogens with zero attached hydrogens (tertiary/aromatic N) is 1. The summed E-state index contributed by atoms with van der Waals surface area (Å²) in [5, 5.41) is 48.5. The van der Waals surface area contributed by atoms with E-state index in [2.05, 4.69) is 0 Å². The maximum Gasteiger partial charge on any atom is 0.303 e. The van der Waals surface area contributed by atoms with Gasteiger partial charge in [0.2, 0.25) is 5.91 Å². The molecule has 1 aliphatic heterocycles. The van der Waals surface area contributed by atoms with Crippen LogP contribution in [-0.4, -0.2) is 56.2 Å². The summed E-state index contributed by atoms with van der Waals surface area (Å²) in [5.74, 6) is -1.74. The highest BCUT2D eigenvalue weighted by Gasteiger charge is 2.48. The molecule has 5 N–H and O–H groups in total. The maximum atomic E-state index is 13.4. The number of benzene rings is 3. The van der Waals surface area contributed by atoms with E-state index in [1.807, 2.05) is 48.5 Å². The van der Waals surface area contributed by atoms with Crippen LogP contribution in [-0.2, 0) is 22.4 Å². The number of rotatable bonds is 14. The van der Waals surface area contributed by atoms with Crippen LogP contribution in [0.25, 0.3) is 0 Å². The fraction of sp³-hybridized carbons (Fsp3) is 0.375. The first kappa shape index (κ1) is 30.3. The van der Waals surface area contributed by atoms with Crippen molar-refractivity contribution in [3.05, 3.63) is 101 Å². The number of halogens is 1. The van der Waals surface area contributed by atoms with E-state index in [-0.39, 0.29) is 30.6 Å². The van der Waals surface area contributed by atoms with Crippen molar-refractivity contribution in [3.63, 3.8) is 0 Å². The summed E-state index contributed by atoms with van der Waals surface area (Å²) in [6.45, 7) is -1.08. The Bertz CT molecular complexity index is 1310. The van der Waals surface area contributed by atoms with Crippen LogP contribution in [0.3, 0.4) is 0 Å². The van der Waals surface area contributed by atoms with Crippen LogP contribution in [0.15, 0.2) is 72.8 Å². The number of hydrogen-bond donors (Lipinski definition) is 5. The molecule has 1 amide bonds. The number of aliphatic carboxylic acids is 1. The summed E-state index contributed by atoms with van der Waals surface area (Å²) in [6, 6.07) is 20.2. The van der Waals surface area contributed by atoms with E-state index in [1.165, 1.54) is 24.3 Å². The normalized spacial score (nSPS) is 17.8. The predicted molar refractivity (Wildman–Crippen MR) is 151 cm³/mol. The van der Waals surface area contributed by atoms with Gasteiger partial charge in [-0.05, 0) is 78.6 Å². The summed E-state index contributed by atoms with van der Waals surface area (Å²) < 4.78 is 13.3. The Morgan fingerprint density at radius 3 is 2.07 bits per heavy atom. The molecule has 0 spiro atoms. The number of carboxylic acids is 1. The van der Waals surface area contributed by atoms with Gasteiger partial charge in [-0.2, -0.15) is 0 Å². The average Bonchev–Trinajstić information content (AvgIpc) is 2.98. The van der Waals surface area contributed by atoms with E-state index in [4.69, 9.17) is 5.11 Å². The molecule has 0 unspecified atom stereocenters. The van der Waals surface area contributed by atoms with Gasteiger partial charge in [0, 0.05) is 12.1 Å². The summed E-state index contributed by atoms with van der Waals surface area (Å²) in [7, 11) is 0. The van der Waals surface area contributed by atoms with Crippen LogP contribution in [0.2, 0.25) is 0 Å². The second-order valence-electron chi connectivity index (χ2n) is 10.7.